The molecule has 0 radical (unpaired) electrons. The molecule has 0 spiro atoms. The molecule has 1 aliphatic rings. The number of rotatable bonds is 4. The van der Waals surface area contributed by atoms with Crippen molar-refractivity contribution in [3.63, 3.8) is 0 Å². The quantitative estimate of drug-likeness (QED) is 0.943. The monoisotopic (exact) mass is 300 g/mol. The van der Waals surface area contributed by atoms with Gasteiger partial charge < -0.3 is 5.11 Å². The van der Waals surface area contributed by atoms with Gasteiger partial charge in [-0.15, -0.1) is 0 Å². The molecule has 0 unspecified atom stereocenters. The summed E-state index contributed by atoms with van der Waals surface area (Å²) in [4.78, 5) is 6.56. The highest BCUT2D eigenvalue weighted by Crippen LogP contribution is 2.26. The smallest absolute Gasteiger partial charge is 0.123 e. The molecule has 0 bridgehead atoms. The Labute approximate surface area is 130 Å². The molecule has 116 valence electrons. The second-order valence-electron chi connectivity index (χ2n) is 6.13. The van der Waals surface area contributed by atoms with Gasteiger partial charge in [0.15, 0.2) is 0 Å². The topological polar surface area (TPSA) is 36.4 Å². The molecule has 3 rings (SSSR count). The zero-order valence-electron chi connectivity index (χ0n) is 12.6. The van der Waals surface area contributed by atoms with Gasteiger partial charge in [0.05, 0.1) is 5.60 Å². The fourth-order valence-electron chi connectivity index (χ4n) is 3.04. The van der Waals surface area contributed by atoms with Crippen LogP contribution in [0.2, 0.25) is 0 Å². The van der Waals surface area contributed by atoms with E-state index in [1.165, 1.54) is 6.07 Å². The summed E-state index contributed by atoms with van der Waals surface area (Å²) in [5, 5.41) is 10.7. The summed E-state index contributed by atoms with van der Waals surface area (Å²) in [6.07, 6.45) is 3.80. The Morgan fingerprint density at radius 3 is 2.64 bits per heavy atom. The van der Waals surface area contributed by atoms with Crippen molar-refractivity contribution in [2.75, 3.05) is 13.1 Å². The number of hydrogen-bond acceptors (Lipinski definition) is 3. The van der Waals surface area contributed by atoms with Gasteiger partial charge in [-0.05, 0) is 42.7 Å². The first kappa shape index (κ1) is 15.1. The highest BCUT2D eigenvalue weighted by molar-refractivity contribution is 5.16. The molecule has 22 heavy (non-hydrogen) atoms. The van der Waals surface area contributed by atoms with Crippen LogP contribution >= 0.6 is 0 Å². The van der Waals surface area contributed by atoms with E-state index < -0.39 is 5.60 Å². The molecule has 1 saturated heterocycles. The van der Waals surface area contributed by atoms with Crippen LogP contribution in [0.25, 0.3) is 0 Å². The minimum Gasteiger partial charge on any atom is -0.389 e. The first-order valence-corrected chi connectivity index (χ1v) is 7.72. The van der Waals surface area contributed by atoms with Gasteiger partial charge in [-0.3, -0.25) is 9.88 Å². The van der Waals surface area contributed by atoms with Crippen molar-refractivity contribution in [1.82, 2.24) is 9.88 Å². The van der Waals surface area contributed by atoms with Crippen molar-refractivity contribution in [2.45, 2.75) is 31.4 Å². The largest absolute Gasteiger partial charge is 0.389 e. The number of aliphatic hydroxyl groups is 1. The summed E-state index contributed by atoms with van der Waals surface area (Å²) < 4.78 is 13.2. The molecule has 1 fully saturated rings. The molecule has 1 aliphatic heterocycles. The molecule has 0 atom stereocenters. The van der Waals surface area contributed by atoms with E-state index in [0.29, 0.717) is 6.42 Å². The summed E-state index contributed by atoms with van der Waals surface area (Å²) in [5.74, 6) is -0.193. The Balaban J connectivity index is 1.55. The molecule has 2 heterocycles. The van der Waals surface area contributed by atoms with Crippen molar-refractivity contribution < 1.29 is 9.50 Å². The maximum Gasteiger partial charge on any atom is 0.123 e. The second-order valence-corrected chi connectivity index (χ2v) is 6.13. The van der Waals surface area contributed by atoms with Gasteiger partial charge in [-0.25, -0.2) is 4.39 Å². The van der Waals surface area contributed by atoms with E-state index in [2.05, 4.69) is 9.88 Å². The number of pyridine rings is 1. The third-order valence-corrected chi connectivity index (χ3v) is 4.32. The van der Waals surface area contributed by atoms with Gasteiger partial charge in [0.2, 0.25) is 0 Å². The van der Waals surface area contributed by atoms with E-state index in [-0.39, 0.29) is 5.82 Å². The Morgan fingerprint density at radius 1 is 1.14 bits per heavy atom. The predicted molar refractivity (Wildman–Crippen MR) is 83.8 cm³/mol. The van der Waals surface area contributed by atoms with Crippen LogP contribution in [0.4, 0.5) is 4.39 Å². The zero-order chi connectivity index (χ0) is 15.4. The van der Waals surface area contributed by atoms with Crippen molar-refractivity contribution in [3.8, 4) is 0 Å². The average Bonchev–Trinajstić information content (AvgIpc) is 2.51. The van der Waals surface area contributed by atoms with Crippen molar-refractivity contribution in [3.05, 3.63) is 65.7 Å². The SMILES string of the molecule is OC1(Cc2ccccn2)CCN(Cc2cccc(F)c2)CC1. The van der Waals surface area contributed by atoms with E-state index in [4.69, 9.17) is 0 Å². The number of hydrogen-bond donors (Lipinski definition) is 1. The standard InChI is InChI=1S/C18H21FN2O/c19-16-5-3-4-15(12-16)14-21-10-7-18(22,8-11-21)13-17-6-1-2-9-20-17/h1-6,9,12,22H,7-8,10-11,13-14H2. The lowest BCUT2D eigenvalue weighted by Crippen LogP contribution is -2.45. The molecule has 0 aliphatic carbocycles. The first-order valence-electron chi connectivity index (χ1n) is 7.72. The lowest BCUT2D eigenvalue weighted by atomic mass is 9.86. The number of nitrogens with zero attached hydrogens (tertiary/aromatic N) is 2. The molecule has 4 heteroatoms. The van der Waals surface area contributed by atoms with Gasteiger partial charge in [-0.1, -0.05) is 18.2 Å². The lowest BCUT2D eigenvalue weighted by Gasteiger charge is -2.38. The average molecular weight is 300 g/mol. The highest BCUT2D eigenvalue weighted by atomic mass is 19.1. The molecule has 2 aromatic rings. The summed E-state index contributed by atoms with van der Waals surface area (Å²) in [6, 6.07) is 12.5. The van der Waals surface area contributed by atoms with Gasteiger partial charge in [-0.2, -0.15) is 0 Å². The van der Waals surface area contributed by atoms with Crippen LogP contribution in [0.1, 0.15) is 24.1 Å². The third-order valence-electron chi connectivity index (χ3n) is 4.32. The molecule has 1 aromatic carbocycles. The van der Waals surface area contributed by atoms with Gasteiger partial charge in [0.25, 0.3) is 0 Å². The molecular formula is C18H21FN2O. The predicted octanol–water partition coefficient (Wildman–Crippen LogP) is 2.79. The van der Waals surface area contributed by atoms with Crippen LogP contribution in [-0.4, -0.2) is 33.7 Å². The van der Waals surface area contributed by atoms with Crippen molar-refractivity contribution in [1.29, 1.82) is 0 Å². The van der Waals surface area contributed by atoms with Crippen LogP contribution in [0, 0.1) is 5.82 Å². The molecule has 0 saturated carbocycles. The fourth-order valence-corrected chi connectivity index (χ4v) is 3.04. The number of piperidine rings is 1. The normalized spacial score (nSPS) is 18.3. The Kier molecular flexibility index (Phi) is 4.50. The fraction of sp³-hybridized carbons (Fsp3) is 0.389. The van der Waals surface area contributed by atoms with Gasteiger partial charge in [0, 0.05) is 37.9 Å². The summed E-state index contributed by atoms with van der Waals surface area (Å²) in [6.45, 7) is 2.37. The van der Waals surface area contributed by atoms with Gasteiger partial charge >= 0.3 is 0 Å². The van der Waals surface area contributed by atoms with E-state index in [9.17, 15) is 9.50 Å². The minimum atomic E-state index is -0.674. The molecular weight excluding hydrogens is 279 g/mol. The van der Waals surface area contributed by atoms with Crippen LogP contribution in [0.5, 0.6) is 0 Å². The minimum absolute atomic E-state index is 0.193. The van der Waals surface area contributed by atoms with Crippen LogP contribution in [0.3, 0.4) is 0 Å². The third kappa shape index (κ3) is 3.90. The maximum atomic E-state index is 13.2. The van der Waals surface area contributed by atoms with Gasteiger partial charge in [0.1, 0.15) is 5.82 Å². The number of benzene rings is 1. The molecule has 1 aromatic heterocycles. The summed E-state index contributed by atoms with van der Waals surface area (Å²) in [7, 11) is 0. The molecule has 3 nitrogen and oxygen atoms in total. The number of aromatic nitrogens is 1. The van der Waals surface area contributed by atoms with Crippen molar-refractivity contribution >= 4 is 0 Å². The Hall–Kier alpha value is -1.78. The summed E-state index contributed by atoms with van der Waals surface area (Å²) >= 11 is 0. The van der Waals surface area contributed by atoms with E-state index in [1.807, 2.05) is 24.3 Å². The van der Waals surface area contributed by atoms with Crippen molar-refractivity contribution in [2.24, 2.45) is 0 Å². The van der Waals surface area contributed by atoms with Crippen LogP contribution < -0.4 is 0 Å². The Morgan fingerprint density at radius 2 is 1.95 bits per heavy atom. The molecule has 0 amide bonds. The van der Waals surface area contributed by atoms with E-state index in [0.717, 1.165) is 43.7 Å². The number of likely N-dealkylation sites (tertiary alicyclic amines) is 1. The van der Waals surface area contributed by atoms with Crippen LogP contribution in [0.15, 0.2) is 48.7 Å². The second kappa shape index (κ2) is 6.55. The lowest BCUT2D eigenvalue weighted by molar-refractivity contribution is -0.0231. The highest BCUT2D eigenvalue weighted by Gasteiger charge is 2.32. The van der Waals surface area contributed by atoms with E-state index in [1.54, 1.807) is 18.3 Å². The Bertz CT molecular complexity index is 609. The maximum absolute atomic E-state index is 13.2. The number of halogens is 1. The van der Waals surface area contributed by atoms with E-state index >= 15 is 0 Å². The zero-order valence-corrected chi connectivity index (χ0v) is 12.6. The molecule has 1 N–H and O–H groups in total. The summed E-state index contributed by atoms with van der Waals surface area (Å²) in [5.41, 5.74) is 1.24. The van der Waals surface area contributed by atoms with Crippen LogP contribution in [-0.2, 0) is 13.0 Å². The first-order chi connectivity index (χ1) is 10.6.